The minimum Gasteiger partial charge on any atom is -0.337 e. The number of hydrogen-bond donors (Lipinski definition) is 1. The van der Waals surface area contributed by atoms with Crippen molar-refractivity contribution < 1.29 is 4.79 Å². The molecule has 0 aromatic heterocycles. The van der Waals surface area contributed by atoms with Gasteiger partial charge in [0, 0.05) is 26.2 Å². The highest BCUT2D eigenvalue weighted by molar-refractivity contribution is 5.87. The Morgan fingerprint density at radius 1 is 1.18 bits per heavy atom. The minimum absolute atomic E-state index is 0.181. The van der Waals surface area contributed by atoms with Crippen LogP contribution in [-0.4, -0.2) is 37.0 Å². The summed E-state index contributed by atoms with van der Waals surface area (Å²) in [5, 5.41) is 3.25. The standard InChI is InChI=1S/C14H26N2O/c1-2-3-4-5-6-7-8-9-14(17)16-12-10-15-11-13-16/h8-9,15H,2-7,10-13H2,1H3/b9-8+. The van der Waals surface area contributed by atoms with E-state index in [4.69, 9.17) is 0 Å². The molecule has 98 valence electrons. The van der Waals surface area contributed by atoms with E-state index in [1.54, 1.807) is 6.08 Å². The first-order chi connectivity index (χ1) is 8.34. The van der Waals surface area contributed by atoms with E-state index < -0.39 is 0 Å². The summed E-state index contributed by atoms with van der Waals surface area (Å²) < 4.78 is 0. The first-order valence-corrected chi connectivity index (χ1v) is 7.00. The third-order valence-corrected chi connectivity index (χ3v) is 3.16. The molecule has 0 aromatic rings. The molecule has 0 spiro atoms. The van der Waals surface area contributed by atoms with Crippen LogP contribution >= 0.6 is 0 Å². The molecule has 0 bridgehead atoms. The van der Waals surface area contributed by atoms with Crippen molar-refractivity contribution in [3.63, 3.8) is 0 Å². The molecule has 1 fully saturated rings. The zero-order valence-corrected chi connectivity index (χ0v) is 11.1. The number of piperazine rings is 1. The molecular formula is C14H26N2O. The highest BCUT2D eigenvalue weighted by atomic mass is 16.2. The summed E-state index contributed by atoms with van der Waals surface area (Å²) in [4.78, 5) is 13.7. The molecule has 1 saturated heterocycles. The minimum atomic E-state index is 0.181. The second-order valence-corrected chi connectivity index (χ2v) is 4.68. The van der Waals surface area contributed by atoms with E-state index in [0.29, 0.717) is 0 Å². The predicted molar refractivity (Wildman–Crippen MR) is 72.0 cm³/mol. The van der Waals surface area contributed by atoms with Crippen LogP contribution in [0.1, 0.15) is 45.4 Å². The summed E-state index contributed by atoms with van der Waals surface area (Å²) in [6.07, 6.45) is 11.3. The Morgan fingerprint density at radius 3 is 2.59 bits per heavy atom. The Hall–Kier alpha value is -0.830. The fourth-order valence-corrected chi connectivity index (χ4v) is 2.04. The van der Waals surface area contributed by atoms with Gasteiger partial charge >= 0.3 is 0 Å². The van der Waals surface area contributed by atoms with Gasteiger partial charge in [-0.05, 0) is 18.9 Å². The lowest BCUT2D eigenvalue weighted by atomic mass is 10.1. The summed E-state index contributed by atoms with van der Waals surface area (Å²) in [5.74, 6) is 0.181. The van der Waals surface area contributed by atoms with Crippen molar-refractivity contribution in [1.82, 2.24) is 10.2 Å². The fraction of sp³-hybridized carbons (Fsp3) is 0.786. The van der Waals surface area contributed by atoms with Crippen molar-refractivity contribution in [2.24, 2.45) is 0 Å². The van der Waals surface area contributed by atoms with Gasteiger partial charge in [-0.15, -0.1) is 0 Å². The first-order valence-electron chi connectivity index (χ1n) is 7.00. The Kier molecular flexibility index (Phi) is 7.72. The van der Waals surface area contributed by atoms with Gasteiger partial charge in [0.25, 0.3) is 0 Å². The number of nitrogens with zero attached hydrogens (tertiary/aromatic N) is 1. The molecule has 1 aliphatic heterocycles. The van der Waals surface area contributed by atoms with Crippen molar-refractivity contribution in [1.29, 1.82) is 0 Å². The number of unbranched alkanes of at least 4 members (excludes halogenated alkanes) is 5. The summed E-state index contributed by atoms with van der Waals surface area (Å²) in [7, 11) is 0. The summed E-state index contributed by atoms with van der Waals surface area (Å²) >= 11 is 0. The van der Waals surface area contributed by atoms with E-state index in [9.17, 15) is 4.79 Å². The van der Waals surface area contributed by atoms with E-state index >= 15 is 0 Å². The van der Waals surface area contributed by atoms with Gasteiger partial charge in [0.05, 0.1) is 0 Å². The van der Waals surface area contributed by atoms with Gasteiger partial charge in [0.15, 0.2) is 0 Å². The van der Waals surface area contributed by atoms with E-state index in [-0.39, 0.29) is 5.91 Å². The normalized spacial score (nSPS) is 16.6. The molecule has 0 atom stereocenters. The quantitative estimate of drug-likeness (QED) is 0.545. The van der Waals surface area contributed by atoms with Crippen molar-refractivity contribution in [3.05, 3.63) is 12.2 Å². The number of hydrogen-bond acceptors (Lipinski definition) is 2. The monoisotopic (exact) mass is 238 g/mol. The summed E-state index contributed by atoms with van der Waals surface area (Å²) in [5.41, 5.74) is 0. The lowest BCUT2D eigenvalue weighted by molar-refractivity contribution is -0.126. The summed E-state index contributed by atoms with van der Waals surface area (Å²) in [6, 6.07) is 0. The lowest BCUT2D eigenvalue weighted by Crippen LogP contribution is -2.45. The van der Waals surface area contributed by atoms with Crippen LogP contribution in [0.2, 0.25) is 0 Å². The lowest BCUT2D eigenvalue weighted by Gasteiger charge is -2.26. The molecule has 3 nitrogen and oxygen atoms in total. The molecule has 1 N–H and O–H groups in total. The van der Waals surface area contributed by atoms with Crippen LogP contribution in [0.3, 0.4) is 0 Å². The second-order valence-electron chi connectivity index (χ2n) is 4.68. The Balaban J connectivity index is 2.04. The van der Waals surface area contributed by atoms with E-state index in [1.807, 2.05) is 11.0 Å². The molecule has 17 heavy (non-hydrogen) atoms. The molecule has 1 amide bonds. The molecule has 3 heteroatoms. The van der Waals surface area contributed by atoms with Crippen molar-refractivity contribution in [2.45, 2.75) is 45.4 Å². The smallest absolute Gasteiger partial charge is 0.246 e. The summed E-state index contributed by atoms with van der Waals surface area (Å²) in [6.45, 7) is 5.78. The maximum absolute atomic E-state index is 11.7. The Labute approximate surface area is 105 Å². The molecule has 0 unspecified atom stereocenters. The molecule has 1 rings (SSSR count). The van der Waals surface area contributed by atoms with Crippen LogP contribution in [0.4, 0.5) is 0 Å². The van der Waals surface area contributed by atoms with Crippen LogP contribution in [0.25, 0.3) is 0 Å². The van der Waals surface area contributed by atoms with E-state index in [1.165, 1.54) is 32.1 Å². The van der Waals surface area contributed by atoms with Crippen molar-refractivity contribution >= 4 is 5.91 Å². The molecular weight excluding hydrogens is 212 g/mol. The van der Waals surface area contributed by atoms with Crippen LogP contribution < -0.4 is 5.32 Å². The van der Waals surface area contributed by atoms with Gasteiger partial charge < -0.3 is 10.2 Å². The number of carbonyl (C=O) groups is 1. The van der Waals surface area contributed by atoms with Crippen molar-refractivity contribution in [3.8, 4) is 0 Å². The maximum atomic E-state index is 11.7. The zero-order chi connectivity index (χ0) is 12.3. The highest BCUT2D eigenvalue weighted by Gasteiger charge is 2.12. The molecule has 0 saturated carbocycles. The van der Waals surface area contributed by atoms with Gasteiger partial charge in [-0.3, -0.25) is 4.79 Å². The van der Waals surface area contributed by atoms with Gasteiger partial charge in [0.2, 0.25) is 5.91 Å². The number of carbonyl (C=O) groups excluding carboxylic acids is 1. The van der Waals surface area contributed by atoms with Gasteiger partial charge in [0.1, 0.15) is 0 Å². The van der Waals surface area contributed by atoms with Crippen LogP contribution in [0.15, 0.2) is 12.2 Å². The number of allylic oxidation sites excluding steroid dienone is 1. The van der Waals surface area contributed by atoms with Gasteiger partial charge in [-0.2, -0.15) is 0 Å². The van der Waals surface area contributed by atoms with Gasteiger partial charge in [-0.1, -0.05) is 38.7 Å². The van der Waals surface area contributed by atoms with Crippen LogP contribution in [0.5, 0.6) is 0 Å². The van der Waals surface area contributed by atoms with E-state index in [2.05, 4.69) is 12.2 Å². The molecule has 0 aliphatic carbocycles. The largest absolute Gasteiger partial charge is 0.337 e. The predicted octanol–water partition coefficient (Wildman–Crippen LogP) is 2.33. The van der Waals surface area contributed by atoms with Crippen molar-refractivity contribution in [2.75, 3.05) is 26.2 Å². The van der Waals surface area contributed by atoms with Crippen LogP contribution in [-0.2, 0) is 4.79 Å². The van der Waals surface area contributed by atoms with Gasteiger partial charge in [-0.25, -0.2) is 0 Å². The third-order valence-electron chi connectivity index (χ3n) is 3.16. The second kappa shape index (κ2) is 9.23. The molecule has 0 radical (unpaired) electrons. The maximum Gasteiger partial charge on any atom is 0.246 e. The number of nitrogens with one attached hydrogen (secondary N) is 1. The number of amides is 1. The average Bonchev–Trinajstić information content (AvgIpc) is 2.38. The van der Waals surface area contributed by atoms with Crippen LogP contribution in [0, 0.1) is 0 Å². The third kappa shape index (κ3) is 6.47. The zero-order valence-electron chi connectivity index (χ0n) is 11.1. The first kappa shape index (κ1) is 14.2. The molecule has 1 aliphatic rings. The SMILES string of the molecule is CCCCCCC/C=C/C(=O)N1CCNCC1. The molecule has 0 aromatic carbocycles. The highest BCUT2D eigenvalue weighted by Crippen LogP contribution is 2.05. The molecule has 1 heterocycles. The average molecular weight is 238 g/mol. The topological polar surface area (TPSA) is 32.3 Å². The van der Waals surface area contributed by atoms with E-state index in [0.717, 1.165) is 32.6 Å². The fourth-order valence-electron chi connectivity index (χ4n) is 2.04. The number of rotatable bonds is 7. The Morgan fingerprint density at radius 2 is 1.88 bits per heavy atom. The Bertz CT molecular complexity index is 232.